The zero-order valence-corrected chi connectivity index (χ0v) is 8.12. The largest absolute Gasteiger partial charge is 0.453 e. The van der Waals surface area contributed by atoms with E-state index in [1.54, 1.807) is 0 Å². The fourth-order valence-electron chi connectivity index (χ4n) is 0.745. The van der Waals surface area contributed by atoms with Crippen LogP contribution in [0.25, 0.3) is 0 Å². The topological polar surface area (TPSA) is 9.23 Å². The van der Waals surface area contributed by atoms with Crippen LogP contribution in [0.4, 0.5) is 17.6 Å². The third-order valence-electron chi connectivity index (χ3n) is 1.23. The highest BCUT2D eigenvalue weighted by atomic mass is 79.9. The normalized spacial score (nSPS) is 9.79. The summed E-state index contributed by atoms with van der Waals surface area (Å²) in [4.78, 5) is 0. The molecule has 0 saturated heterocycles. The smallest absolute Gasteiger partial charge is 0.305 e. The Balaban J connectivity index is 3.03. The maximum absolute atomic E-state index is 12.9. The zero-order valence-electron chi connectivity index (χ0n) is 6.53. The summed E-state index contributed by atoms with van der Waals surface area (Å²) >= 11 is 2.83. The van der Waals surface area contributed by atoms with Crippen molar-refractivity contribution in [1.82, 2.24) is 0 Å². The fourth-order valence-corrected chi connectivity index (χ4v) is 1.15. The summed E-state index contributed by atoms with van der Waals surface area (Å²) in [5.74, 6) is -2.98. The molecule has 0 amide bonds. The molecule has 1 rings (SSSR count). The third-order valence-corrected chi connectivity index (χ3v) is 1.69. The van der Waals surface area contributed by atoms with Crippen molar-refractivity contribution in [2.75, 3.05) is 0 Å². The van der Waals surface area contributed by atoms with Gasteiger partial charge in [0.05, 0.1) is 0 Å². The van der Waals surface area contributed by atoms with E-state index >= 15 is 0 Å². The lowest BCUT2D eigenvalue weighted by atomic mass is 10.3. The SMILES string of the molecule is FC(F)=COc1c(F)cc(Br)cc1F. The van der Waals surface area contributed by atoms with Crippen LogP contribution in [0.1, 0.15) is 0 Å². The van der Waals surface area contributed by atoms with Crippen LogP contribution in [0.2, 0.25) is 0 Å². The first kappa shape index (κ1) is 11.0. The van der Waals surface area contributed by atoms with Crippen LogP contribution >= 0.6 is 15.9 Å². The van der Waals surface area contributed by atoms with Crippen LogP contribution in [0.5, 0.6) is 5.75 Å². The number of halogens is 5. The molecule has 0 fully saturated rings. The molecule has 6 heteroatoms. The molecular weight excluding hydrogens is 268 g/mol. The first-order valence-electron chi connectivity index (χ1n) is 3.33. The summed E-state index contributed by atoms with van der Waals surface area (Å²) in [6, 6.07) is 1.81. The highest BCUT2D eigenvalue weighted by molar-refractivity contribution is 9.10. The van der Waals surface area contributed by atoms with Gasteiger partial charge in [-0.1, -0.05) is 15.9 Å². The van der Waals surface area contributed by atoms with Gasteiger partial charge in [-0.2, -0.15) is 8.78 Å². The first-order valence-corrected chi connectivity index (χ1v) is 4.12. The lowest BCUT2D eigenvalue weighted by Crippen LogP contribution is -1.92. The Bertz CT molecular complexity index is 351. The van der Waals surface area contributed by atoms with Crippen molar-refractivity contribution in [3.05, 3.63) is 40.6 Å². The Hall–Kier alpha value is -1.04. The second-order valence-corrected chi connectivity index (χ2v) is 3.14. The molecule has 0 saturated carbocycles. The van der Waals surface area contributed by atoms with E-state index in [9.17, 15) is 17.6 Å². The van der Waals surface area contributed by atoms with Gasteiger partial charge in [0.15, 0.2) is 23.6 Å². The summed E-state index contributed by atoms with van der Waals surface area (Å²) in [7, 11) is 0. The highest BCUT2D eigenvalue weighted by Gasteiger charge is 2.11. The molecule has 0 radical (unpaired) electrons. The van der Waals surface area contributed by atoms with Crippen LogP contribution in [-0.4, -0.2) is 0 Å². The minimum Gasteiger partial charge on any atom is -0.453 e. The molecule has 0 N–H and O–H groups in total. The molecule has 0 bridgehead atoms. The predicted molar refractivity (Wildman–Crippen MR) is 45.0 cm³/mol. The van der Waals surface area contributed by atoms with Crippen molar-refractivity contribution in [1.29, 1.82) is 0 Å². The van der Waals surface area contributed by atoms with E-state index in [1.165, 1.54) is 0 Å². The molecule has 1 aromatic carbocycles. The van der Waals surface area contributed by atoms with Gasteiger partial charge in [-0.3, -0.25) is 0 Å². The fraction of sp³-hybridized carbons (Fsp3) is 0. The van der Waals surface area contributed by atoms with Crippen molar-refractivity contribution in [3.8, 4) is 5.75 Å². The van der Waals surface area contributed by atoms with E-state index in [-0.39, 0.29) is 10.7 Å². The number of rotatable bonds is 2. The van der Waals surface area contributed by atoms with E-state index < -0.39 is 23.5 Å². The Morgan fingerprint density at radius 1 is 1.21 bits per heavy atom. The maximum Gasteiger partial charge on any atom is 0.305 e. The van der Waals surface area contributed by atoms with Crippen molar-refractivity contribution < 1.29 is 22.3 Å². The second-order valence-electron chi connectivity index (χ2n) is 2.22. The monoisotopic (exact) mass is 270 g/mol. The Kier molecular flexibility index (Phi) is 3.51. The molecule has 0 aliphatic rings. The zero-order chi connectivity index (χ0) is 10.7. The predicted octanol–water partition coefficient (Wildman–Crippen LogP) is 3.84. The van der Waals surface area contributed by atoms with Gasteiger partial charge in [0, 0.05) is 4.47 Å². The van der Waals surface area contributed by atoms with Crippen LogP contribution in [-0.2, 0) is 0 Å². The van der Waals surface area contributed by atoms with E-state index in [2.05, 4.69) is 20.7 Å². The molecule has 0 aromatic heterocycles. The standard InChI is InChI=1S/C8H3BrF4O/c9-4-1-5(10)8(6(11)2-4)14-3-7(12)13/h1-3H. The van der Waals surface area contributed by atoms with Crippen LogP contribution in [0.3, 0.4) is 0 Å². The molecular formula is C8H3BrF4O. The molecule has 1 aromatic rings. The molecule has 0 aliphatic heterocycles. The van der Waals surface area contributed by atoms with Gasteiger partial charge in [-0.15, -0.1) is 0 Å². The van der Waals surface area contributed by atoms with Gasteiger partial charge in [-0.25, -0.2) is 8.78 Å². The minimum absolute atomic E-state index is 0.0323. The summed E-state index contributed by atoms with van der Waals surface area (Å²) in [6.07, 6.45) is -2.21. The Morgan fingerprint density at radius 3 is 2.14 bits per heavy atom. The molecule has 76 valence electrons. The van der Waals surface area contributed by atoms with Crippen LogP contribution in [0, 0.1) is 11.6 Å². The summed E-state index contributed by atoms with van der Waals surface area (Å²) in [5, 5.41) is 0. The maximum atomic E-state index is 12.9. The van der Waals surface area contributed by atoms with Crippen LogP contribution < -0.4 is 4.74 Å². The van der Waals surface area contributed by atoms with Gasteiger partial charge in [0.1, 0.15) is 0 Å². The van der Waals surface area contributed by atoms with Crippen molar-refractivity contribution >= 4 is 15.9 Å². The molecule has 14 heavy (non-hydrogen) atoms. The number of hydrogen-bond donors (Lipinski definition) is 0. The van der Waals surface area contributed by atoms with Crippen molar-refractivity contribution in [3.63, 3.8) is 0 Å². The van der Waals surface area contributed by atoms with E-state index in [4.69, 9.17) is 0 Å². The van der Waals surface area contributed by atoms with E-state index in [1.807, 2.05) is 0 Å². The third kappa shape index (κ3) is 2.73. The molecule has 0 atom stereocenters. The first-order chi connectivity index (χ1) is 6.50. The summed E-state index contributed by atoms with van der Waals surface area (Å²) in [5.41, 5.74) is 0. The second kappa shape index (κ2) is 4.45. The average molecular weight is 271 g/mol. The van der Waals surface area contributed by atoms with E-state index in [0.29, 0.717) is 0 Å². The molecule has 0 spiro atoms. The average Bonchev–Trinajstić information content (AvgIpc) is 2.01. The Labute approximate surface area is 85.1 Å². The quantitative estimate of drug-likeness (QED) is 0.586. The lowest BCUT2D eigenvalue weighted by molar-refractivity contribution is 0.344. The molecule has 0 aliphatic carbocycles. The van der Waals surface area contributed by atoms with Crippen molar-refractivity contribution in [2.45, 2.75) is 0 Å². The van der Waals surface area contributed by atoms with Crippen LogP contribution in [0.15, 0.2) is 28.9 Å². The summed E-state index contributed by atoms with van der Waals surface area (Å²) in [6.45, 7) is 0. The molecule has 0 unspecified atom stereocenters. The van der Waals surface area contributed by atoms with Crippen molar-refractivity contribution in [2.24, 2.45) is 0 Å². The Morgan fingerprint density at radius 2 is 1.71 bits per heavy atom. The van der Waals surface area contributed by atoms with Gasteiger partial charge in [-0.05, 0) is 12.1 Å². The number of benzene rings is 1. The van der Waals surface area contributed by atoms with Gasteiger partial charge < -0.3 is 4.74 Å². The van der Waals surface area contributed by atoms with Gasteiger partial charge in [0.25, 0.3) is 0 Å². The molecule has 1 nitrogen and oxygen atoms in total. The number of hydrogen-bond acceptors (Lipinski definition) is 1. The number of ether oxygens (including phenoxy) is 1. The lowest BCUT2D eigenvalue weighted by Gasteiger charge is -2.03. The highest BCUT2D eigenvalue weighted by Crippen LogP contribution is 2.26. The van der Waals surface area contributed by atoms with E-state index in [0.717, 1.165) is 12.1 Å². The minimum atomic E-state index is -2.17. The molecule has 0 heterocycles. The summed E-state index contributed by atoms with van der Waals surface area (Å²) < 4.78 is 53.1. The van der Waals surface area contributed by atoms with Gasteiger partial charge in [0.2, 0.25) is 0 Å². The van der Waals surface area contributed by atoms with Gasteiger partial charge >= 0.3 is 6.08 Å².